The Morgan fingerprint density at radius 1 is 1.24 bits per heavy atom. The van der Waals surface area contributed by atoms with Crippen molar-refractivity contribution < 1.29 is 29.4 Å². The number of carbonyl (C=O) groups excluding carboxylic acids is 3. The van der Waals surface area contributed by atoms with Crippen LogP contribution in [0.2, 0.25) is 0 Å². The molecule has 0 fully saturated rings. The number of carbonyl (C=O) groups is 4. The third-order valence-electron chi connectivity index (χ3n) is 3.82. The lowest BCUT2D eigenvalue weighted by Crippen LogP contribution is -2.54. The number of amides is 3. The molecule has 0 aliphatic heterocycles. The third kappa shape index (κ3) is 8.93. The fourth-order valence-electron chi connectivity index (χ4n) is 2.20. The zero-order valence-electron chi connectivity index (χ0n) is 15.9. The van der Waals surface area contributed by atoms with Gasteiger partial charge in [-0.2, -0.15) is 11.8 Å². The molecule has 3 atom stereocenters. The van der Waals surface area contributed by atoms with Crippen LogP contribution in [0, 0.1) is 0 Å². The van der Waals surface area contributed by atoms with Gasteiger partial charge in [0.25, 0.3) is 0 Å². The second-order valence-electron chi connectivity index (χ2n) is 6.09. The molecule has 162 valence electrons. The second kappa shape index (κ2) is 12.7. The number of aromatic nitrogens is 2. The molecule has 3 amide bonds. The van der Waals surface area contributed by atoms with E-state index in [4.69, 9.17) is 15.9 Å². The Kier molecular flexibility index (Phi) is 10.7. The molecule has 13 heteroatoms. The molecule has 0 aliphatic rings. The van der Waals surface area contributed by atoms with E-state index in [1.807, 2.05) is 6.26 Å². The number of carboxylic acids is 1. The summed E-state index contributed by atoms with van der Waals surface area (Å²) in [6.45, 7) is -1.32. The summed E-state index contributed by atoms with van der Waals surface area (Å²) in [6.07, 6.45) is 5.32. The highest BCUT2D eigenvalue weighted by atomic mass is 32.2. The van der Waals surface area contributed by atoms with Gasteiger partial charge in [0.15, 0.2) is 0 Å². The van der Waals surface area contributed by atoms with E-state index >= 15 is 0 Å². The average Bonchev–Trinajstić information content (AvgIpc) is 3.20. The first-order chi connectivity index (χ1) is 13.8. The predicted molar refractivity (Wildman–Crippen MR) is 105 cm³/mol. The number of nitrogens with zero attached hydrogens (tertiary/aromatic N) is 1. The van der Waals surface area contributed by atoms with Gasteiger partial charge < -0.3 is 36.9 Å². The number of hydrogen-bond donors (Lipinski definition) is 7. The highest BCUT2D eigenvalue weighted by Gasteiger charge is 2.25. The quantitative estimate of drug-likeness (QED) is 0.173. The van der Waals surface area contributed by atoms with Gasteiger partial charge in [0.1, 0.15) is 12.1 Å². The monoisotopic (exact) mass is 430 g/mol. The summed E-state index contributed by atoms with van der Waals surface area (Å²) in [4.78, 5) is 54.0. The van der Waals surface area contributed by atoms with Gasteiger partial charge >= 0.3 is 5.97 Å². The largest absolute Gasteiger partial charge is 0.480 e. The van der Waals surface area contributed by atoms with Crippen LogP contribution in [0.4, 0.5) is 0 Å². The maximum Gasteiger partial charge on any atom is 0.328 e. The van der Waals surface area contributed by atoms with E-state index in [1.165, 1.54) is 24.3 Å². The van der Waals surface area contributed by atoms with Gasteiger partial charge in [0.05, 0.1) is 25.5 Å². The molecule has 0 saturated heterocycles. The number of imidazole rings is 1. The number of H-pyrrole nitrogens is 1. The number of aliphatic carboxylic acids is 1. The Labute approximate surface area is 171 Å². The minimum Gasteiger partial charge on any atom is -0.480 e. The summed E-state index contributed by atoms with van der Waals surface area (Å²) in [5.41, 5.74) is 6.41. The van der Waals surface area contributed by atoms with E-state index < -0.39 is 55.0 Å². The molecule has 0 aliphatic carbocycles. The summed E-state index contributed by atoms with van der Waals surface area (Å²) < 4.78 is 0. The van der Waals surface area contributed by atoms with E-state index in [1.54, 1.807) is 0 Å². The van der Waals surface area contributed by atoms with Crippen molar-refractivity contribution in [2.75, 3.05) is 25.2 Å². The number of nitrogens with one attached hydrogen (secondary N) is 4. The number of rotatable bonds is 13. The number of carboxylic acid groups (broad SMARTS) is 1. The molecule has 0 radical (unpaired) electrons. The summed E-state index contributed by atoms with van der Waals surface area (Å²) in [6, 6.07) is -3.29. The lowest BCUT2D eigenvalue weighted by molar-refractivity contribution is -0.142. The number of thioether (sulfide) groups is 1. The van der Waals surface area contributed by atoms with Crippen LogP contribution in [0.25, 0.3) is 0 Å². The van der Waals surface area contributed by atoms with Crippen LogP contribution in [-0.4, -0.2) is 87.2 Å². The molecule has 8 N–H and O–H groups in total. The van der Waals surface area contributed by atoms with Crippen LogP contribution in [0.3, 0.4) is 0 Å². The van der Waals surface area contributed by atoms with Gasteiger partial charge in [-0.1, -0.05) is 0 Å². The molecule has 1 heterocycles. The fraction of sp³-hybridized carbons (Fsp3) is 0.562. The van der Waals surface area contributed by atoms with Crippen molar-refractivity contribution >= 4 is 35.5 Å². The third-order valence-corrected chi connectivity index (χ3v) is 4.46. The normalized spacial score (nSPS) is 13.8. The Morgan fingerprint density at radius 2 is 1.97 bits per heavy atom. The summed E-state index contributed by atoms with van der Waals surface area (Å²) >= 11 is 1.54. The second-order valence-corrected chi connectivity index (χ2v) is 7.07. The maximum absolute atomic E-state index is 12.5. The number of aliphatic hydroxyl groups is 1. The summed E-state index contributed by atoms with van der Waals surface area (Å²) in [5, 5.41) is 24.7. The van der Waals surface area contributed by atoms with Crippen molar-refractivity contribution in [1.82, 2.24) is 25.9 Å². The van der Waals surface area contributed by atoms with E-state index in [9.17, 15) is 19.2 Å². The zero-order chi connectivity index (χ0) is 21.8. The lowest BCUT2D eigenvalue weighted by atomic mass is 10.1. The smallest absolute Gasteiger partial charge is 0.328 e. The number of aliphatic hydroxyl groups excluding tert-OH is 1. The molecular weight excluding hydrogens is 404 g/mol. The number of hydrogen-bond acceptors (Lipinski definition) is 8. The zero-order valence-corrected chi connectivity index (χ0v) is 16.7. The van der Waals surface area contributed by atoms with Crippen molar-refractivity contribution in [1.29, 1.82) is 0 Å². The molecule has 1 aromatic heterocycles. The van der Waals surface area contributed by atoms with Crippen molar-refractivity contribution in [3.63, 3.8) is 0 Å². The maximum atomic E-state index is 12.5. The van der Waals surface area contributed by atoms with Crippen molar-refractivity contribution in [2.45, 2.75) is 31.0 Å². The van der Waals surface area contributed by atoms with Crippen LogP contribution in [0.15, 0.2) is 12.5 Å². The topological polar surface area (TPSA) is 200 Å². The van der Waals surface area contributed by atoms with Gasteiger partial charge in [-0.25, -0.2) is 9.78 Å². The van der Waals surface area contributed by atoms with Crippen LogP contribution < -0.4 is 21.7 Å². The Bertz CT molecular complexity index is 685. The van der Waals surface area contributed by atoms with E-state index in [2.05, 4.69) is 25.9 Å². The minimum atomic E-state index is -1.48. The molecule has 1 aromatic rings. The van der Waals surface area contributed by atoms with E-state index in [0.29, 0.717) is 17.9 Å². The number of aromatic amines is 1. The summed E-state index contributed by atoms with van der Waals surface area (Å²) in [7, 11) is 0. The SMILES string of the molecule is CSCCC(N)C(=O)NC(Cc1cnc[nH]1)C(=O)NCC(=O)NC(CO)C(=O)O. The minimum absolute atomic E-state index is 0.0861. The van der Waals surface area contributed by atoms with Crippen LogP contribution in [0.1, 0.15) is 12.1 Å². The van der Waals surface area contributed by atoms with Crippen LogP contribution in [-0.2, 0) is 25.6 Å². The molecule has 12 nitrogen and oxygen atoms in total. The first-order valence-corrected chi connectivity index (χ1v) is 10.1. The molecular formula is C16H26N6O6S. The van der Waals surface area contributed by atoms with Crippen LogP contribution >= 0.6 is 11.8 Å². The van der Waals surface area contributed by atoms with Crippen molar-refractivity contribution in [3.8, 4) is 0 Å². The molecule has 3 unspecified atom stereocenters. The highest BCUT2D eigenvalue weighted by Crippen LogP contribution is 2.02. The first kappa shape index (κ1) is 24.4. The lowest BCUT2D eigenvalue weighted by Gasteiger charge is -2.20. The molecule has 0 aromatic carbocycles. The molecule has 0 spiro atoms. The average molecular weight is 430 g/mol. The van der Waals surface area contributed by atoms with E-state index in [-0.39, 0.29) is 6.42 Å². The fourth-order valence-corrected chi connectivity index (χ4v) is 2.69. The predicted octanol–water partition coefficient (Wildman–Crippen LogP) is -2.80. The van der Waals surface area contributed by atoms with Gasteiger partial charge in [0.2, 0.25) is 17.7 Å². The Hall–Kier alpha value is -2.64. The molecule has 1 rings (SSSR count). The Morgan fingerprint density at radius 3 is 2.52 bits per heavy atom. The van der Waals surface area contributed by atoms with Crippen molar-refractivity contribution in [2.24, 2.45) is 5.73 Å². The van der Waals surface area contributed by atoms with E-state index in [0.717, 1.165) is 0 Å². The molecule has 0 saturated carbocycles. The standard InChI is InChI=1S/C16H26N6O6S/c1-29-3-2-10(17)14(25)22-11(4-9-5-18-8-20-9)15(26)19-6-13(24)21-12(7-23)16(27)28/h5,8,10-12,23H,2-4,6-7,17H2,1H3,(H,18,20)(H,19,26)(H,21,24)(H,22,25)(H,27,28). The van der Waals surface area contributed by atoms with Crippen molar-refractivity contribution in [3.05, 3.63) is 18.2 Å². The Balaban J connectivity index is 2.69. The summed E-state index contributed by atoms with van der Waals surface area (Å²) in [5.74, 6) is -2.69. The highest BCUT2D eigenvalue weighted by molar-refractivity contribution is 7.98. The van der Waals surface area contributed by atoms with Gasteiger partial charge in [-0.15, -0.1) is 0 Å². The molecule has 0 bridgehead atoms. The van der Waals surface area contributed by atoms with Gasteiger partial charge in [-0.05, 0) is 18.4 Å². The molecule has 29 heavy (non-hydrogen) atoms. The first-order valence-electron chi connectivity index (χ1n) is 8.71. The number of nitrogens with two attached hydrogens (primary N) is 1. The van der Waals surface area contributed by atoms with Gasteiger partial charge in [-0.3, -0.25) is 14.4 Å². The van der Waals surface area contributed by atoms with Gasteiger partial charge in [0, 0.05) is 18.3 Å². The van der Waals surface area contributed by atoms with Crippen LogP contribution in [0.5, 0.6) is 0 Å².